The monoisotopic (exact) mass is 198 g/mol. The first-order valence-corrected chi connectivity index (χ1v) is 6.25. The SMILES string of the molecule is CCCCCCN(C)CC1CCCN1. The van der Waals surface area contributed by atoms with Crippen molar-refractivity contribution in [1.82, 2.24) is 10.2 Å². The number of nitrogens with one attached hydrogen (secondary N) is 1. The first kappa shape index (κ1) is 12.0. The molecule has 0 radical (unpaired) electrons. The molecule has 1 rings (SSSR count). The first-order chi connectivity index (χ1) is 6.83. The molecule has 0 amide bonds. The molecule has 0 aliphatic carbocycles. The Kier molecular flexibility index (Phi) is 6.20. The average molecular weight is 198 g/mol. The lowest BCUT2D eigenvalue weighted by Gasteiger charge is -2.20. The molecule has 0 saturated carbocycles. The van der Waals surface area contributed by atoms with E-state index in [0.717, 1.165) is 6.04 Å². The normalized spacial score (nSPS) is 22.1. The lowest BCUT2D eigenvalue weighted by atomic mass is 10.2. The van der Waals surface area contributed by atoms with E-state index >= 15 is 0 Å². The predicted molar refractivity (Wildman–Crippen MR) is 62.7 cm³/mol. The van der Waals surface area contributed by atoms with Crippen LogP contribution in [0, 0.1) is 0 Å². The summed E-state index contributed by atoms with van der Waals surface area (Å²) in [6, 6.07) is 0.770. The molecule has 0 spiro atoms. The maximum atomic E-state index is 3.55. The molecule has 0 aromatic heterocycles. The lowest BCUT2D eigenvalue weighted by molar-refractivity contribution is 0.293. The van der Waals surface area contributed by atoms with Crippen LogP contribution in [0.15, 0.2) is 0 Å². The van der Waals surface area contributed by atoms with Crippen LogP contribution in [0.2, 0.25) is 0 Å². The van der Waals surface area contributed by atoms with Crippen molar-refractivity contribution in [2.75, 3.05) is 26.7 Å². The van der Waals surface area contributed by atoms with Crippen LogP contribution < -0.4 is 5.32 Å². The largest absolute Gasteiger partial charge is 0.313 e. The highest BCUT2D eigenvalue weighted by Gasteiger charge is 2.15. The van der Waals surface area contributed by atoms with Crippen LogP contribution >= 0.6 is 0 Å². The Morgan fingerprint density at radius 3 is 2.79 bits per heavy atom. The van der Waals surface area contributed by atoms with Gasteiger partial charge in [0.05, 0.1) is 0 Å². The standard InChI is InChI=1S/C12H26N2/c1-3-4-5-6-10-14(2)11-12-8-7-9-13-12/h12-13H,3-11H2,1-2H3. The van der Waals surface area contributed by atoms with Gasteiger partial charge in [-0.25, -0.2) is 0 Å². The molecule has 0 aromatic rings. The van der Waals surface area contributed by atoms with Crippen LogP contribution in [0.4, 0.5) is 0 Å². The van der Waals surface area contributed by atoms with E-state index in [0.29, 0.717) is 0 Å². The Morgan fingerprint density at radius 2 is 2.14 bits per heavy atom. The minimum absolute atomic E-state index is 0.770. The zero-order chi connectivity index (χ0) is 10.2. The van der Waals surface area contributed by atoms with E-state index in [4.69, 9.17) is 0 Å². The van der Waals surface area contributed by atoms with Gasteiger partial charge in [0.25, 0.3) is 0 Å². The summed E-state index contributed by atoms with van der Waals surface area (Å²) in [5, 5.41) is 3.55. The van der Waals surface area contributed by atoms with Crippen LogP contribution in [0.25, 0.3) is 0 Å². The molecular weight excluding hydrogens is 172 g/mol. The van der Waals surface area contributed by atoms with Crippen molar-refractivity contribution in [3.05, 3.63) is 0 Å². The maximum absolute atomic E-state index is 3.55. The number of unbranched alkanes of at least 4 members (excludes halogenated alkanes) is 3. The molecule has 1 saturated heterocycles. The molecule has 84 valence electrons. The predicted octanol–water partition coefficient (Wildman–Crippen LogP) is 2.25. The van der Waals surface area contributed by atoms with Crippen LogP contribution in [0.3, 0.4) is 0 Å². The summed E-state index contributed by atoms with van der Waals surface area (Å²) in [4.78, 5) is 2.48. The summed E-state index contributed by atoms with van der Waals surface area (Å²) in [5.41, 5.74) is 0. The lowest BCUT2D eigenvalue weighted by Crippen LogP contribution is -2.35. The van der Waals surface area contributed by atoms with Gasteiger partial charge in [-0.05, 0) is 39.4 Å². The van der Waals surface area contributed by atoms with E-state index in [1.807, 2.05) is 0 Å². The topological polar surface area (TPSA) is 15.3 Å². The van der Waals surface area contributed by atoms with Crippen LogP contribution in [0.1, 0.15) is 45.4 Å². The minimum Gasteiger partial charge on any atom is -0.313 e. The molecule has 1 atom stereocenters. The molecule has 1 heterocycles. The highest BCUT2D eigenvalue weighted by molar-refractivity contribution is 4.76. The summed E-state index contributed by atoms with van der Waals surface area (Å²) in [6.07, 6.45) is 8.26. The van der Waals surface area contributed by atoms with Gasteiger partial charge in [0.1, 0.15) is 0 Å². The van der Waals surface area contributed by atoms with E-state index in [2.05, 4.69) is 24.2 Å². The molecule has 1 fully saturated rings. The van der Waals surface area contributed by atoms with Gasteiger partial charge in [-0.1, -0.05) is 26.2 Å². The fraction of sp³-hybridized carbons (Fsp3) is 1.00. The summed E-state index contributed by atoms with van der Waals surface area (Å²) in [7, 11) is 2.26. The number of likely N-dealkylation sites (N-methyl/N-ethyl adjacent to an activating group) is 1. The Bertz CT molecular complexity index is 130. The second kappa shape index (κ2) is 7.24. The second-order valence-corrected chi connectivity index (χ2v) is 4.62. The van der Waals surface area contributed by atoms with Gasteiger partial charge in [-0.2, -0.15) is 0 Å². The van der Waals surface area contributed by atoms with Crippen LogP contribution in [-0.4, -0.2) is 37.6 Å². The third-order valence-corrected chi connectivity index (χ3v) is 3.09. The van der Waals surface area contributed by atoms with E-state index in [9.17, 15) is 0 Å². The van der Waals surface area contributed by atoms with Gasteiger partial charge >= 0.3 is 0 Å². The Hall–Kier alpha value is -0.0800. The van der Waals surface area contributed by atoms with Crippen molar-refractivity contribution in [3.8, 4) is 0 Å². The summed E-state index contributed by atoms with van der Waals surface area (Å²) >= 11 is 0. The van der Waals surface area contributed by atoms with E-state index < -0.39 is 0 Å². The molecule has 14 heavy (non-hydrogen) atoms. The molecular formula is C12H26N2. The van der Waals surface area contributed by atoms with Crippen molar-refractivity contribution in [2.24, 2.45) is 0 Å². The van der Waals surface area contributed by atoms with Crippen molar-refractivity contribution in [1.29, 1.82) is 0 Å². The average Bonchev–Trinajstić information content (AvgIpc) is 2.65. The quantitative estimate of drug-likeness (QED) is 0.631. The Morgan fingerprint density at radius 1 is 1.29 bits per heavy atom. The molecule has 0 bridgehead atoms. The zero-order valence-electron chi connectivity index (χ0n) is 9.89. The van der Waals surface area contributed by atoms with Crippen molar-refractivity contribution >= 4 is 0 Å². The van der Waals surface area contributed by atoms with Crippen LogP contribution in [-0.2, 0) is 0 Å². The fourth-order valence-electron chi connectivity index (χ4n) is 2.19. The zero-order valence-corrected chi connectivity index (χ0v) is 9.89. The fourth-order valence-corrected chi connectivity index (χ4v) is 2.19. The van der Waals surface area contributed by atoms with E-state index in [-0.39, 0.29) is 0 Å². The second-order valence-electron chi connectivity index (χ2n) is 4.62. The van der Waals surface area contributed by atoms with Gasteiger partial charge in [0, 0.05) is 12.6 Å². The van der Waals surface area contributed by atoms with E-state index in [1.165, 1.54) is 58.2 Å². The van der Waals surface area contributed by atoms with Crippen molar-refractivity contribution in [2.45, 2.75) is 51.5 Å². The van der Waals surface area contributed by atoms with Crippen LogP contribution in [0.5, 0.6) is 0 Å². The summed E-state index contributed by atoms with van der Waals surface area (Å²) in [5.74, 6) is 0. The Balaban J connectivity index is 1.95. The third-order valence-electron chi connectivity index (χ3n) is 3.09. The number of rotatable bonds is 7. The smallest absolute Gasteiger partial charge is 0.0195 e. The molecule has 0 aromatic carbocycles. The highest BCUT2D eigenvalue weighted by atomic mass is 15.1. The van der Waals surface area contributed by atoms with E-state index in [1.54, 1.807) is 0 Å². The Labute approximate surface area is 89.1 Å². The maximum Gasteiger partial charge on any atom is 0.0195 e. The van der Waals surface area contributed by atoms with Gasteiger partial charge < -0.3 is 10.2 Å². The van der Waals surface area contributed by atoms with Crippen molar-refractivity contribution < 1.29 is 0 Å². The number of hydrogen-bond acceptors (Lipinski definition) is 2. The molecule has 2 heteroatoms. The van der Waals surface area contributed by atoms with Gasteiger partial charge in [-0.15, -0.1) is 0 Å². The summed E-state index contributed by atoms with van der Waals surface area (Å²) < 4.78 is 0. The molecule has 1 N–H and O–H groups in total. The highest BCUT2D eigenvalue weighted by Crippen LogP contribution is 2.07. The minimum atomic E-state index is 0.770. The first-order valence-electron chi connectivity index (χ1n) is 6.25. The summed E-state index contributed by atoms with van der Waals surface area (Å²) in [6.45, 7) is 6.02. The number of hydrogen-bond donors (Lipinski definition) is 1. The number of nitrogens with zero attached hydrogens (tertiary/aromatic N) is 1. The molecule has 1 aliphatic rings. The van der Waals surface area contributed by atoms with Crippen molar-refractivity contribution in [3.63, 3.8) is 0 Å². The molecule has 1 aliphatic heterocycles. The van der Waals surface area contributed by atoms with Gasteiger partial charge in [0.2, 0.25) is 0 Å². The van der Waals surface area contributed by atoms with Gasteiger partial charge in [-0.3, -0.25) is 0 Å². The molecule has 1 unspecified atom stereocenters. The van der Waals surface area contributed by atoms with Gasteiger partial charge in [0.15, 0.2) is 0 Å². The third kappa shape index (κ3) is 4.97. The molecule has 2 nitrogen and oxygen atoms in total.